The van der Waals surface area contributed by atoms with Crippen LogP contribution in [0.2, 0.25) is 0 Å². The highest BCUT2D eigenvalue weighted by molar-refractivity contribution is 5.81. The summed E-state index contributed by atoms with van der Waals surface area (Å²) in [6.45, 7) is 0.312. The fourth-order valence-corrected chi connectivity index (χ4v) is 2.18. The number of hydrogen-bond acceptors (Lipinski definition) is 4. The van der Waals surface area contributed by atoms with Crippen LogP contribution < -0.4 is 5.32 Å². The summed E-state index contributed by atoms with van der Waals surface area (Å²) in [4.78, 5) is 20.3. The minimum Gasteiger partial charge on any atom is -0.378 e. The summed E-state index contributed by atoms with van der Waals surface area (Å²) in [5, 5.41) is 12.8. The van der Waals surface area contributed by atoms with Crippen molar-refractivity contribution in [3.8, 4) is 5.82 Å². The van der Waals surface area contributed by atoms with Gasteiger partial charge in [-0.25, -0.2) is 9.97 Å². The number of pyridine rings is 1. The Bertz CT molecular complexity index is 772. The van der Waals surface area contributed by atoms with Gasteiger partial charge in [0, 0.05) is 25.1 Å². The van der Waals surface area contributed by atoms with Crippen molar-refractivity contribution in [1.29, 1.82) is 0 Å². The lowest BCUT2D eigenvalue weighted by molar-refractivity contribution is -0.129. The number of hydrogen-bond donors (Lipinski definition) is 2. The van der Waals surface area contributed by atoms with Gasteiger partial charge < -0.3 is 10.4 Å². The molecule has 6 heteroatoms. The molecule has 1 amide bonds. The van der Waals surface area contributed by atoms with Gasteiger partial charge in [-0.15, -0.1) is 0 Å². The van der Waals surface area contributed by atoms with Crippen molar-refractivity contribution >= 4 is 5.91 Å². The predicted molar refractivity (Wildman–Crippen MR) is 84.6 cm³/mol. The number of aromatic nitrogens is 3. The van der Waals surface area contributed by atoms with E-state index in [0.717, 1.165) is 11.4 Å². The number of aliphatic hydroxyl groups excluding tert-OH is 1. The molecule has 1 unspecified atom stereocenters. The van der Waals surface area contributed by atoms with E-state index in [4.69, 9.17) is 0 Å². The Morgan fingerprint density at radius 2 is 2.04 bits per heavy atom. The zero-order valence-electron chi connectivity index (χ0n) is 12.3. The number of carbonyl (C=O) groups excluding carboxylic acids is 1. The number of carbonyl (C=O) groups is 1. The Labute approximate surface area is 133 Å². The summed E-state index contributed by atoms with van der Waals surface area (Å²) in [5.74, 6) is 0.287. The molecule has 116 valence electrons. The molecule has 6 nitrogen and oxygen atoms in total. The Balaban J connectivity index is 1.64. The number of nitrogens with one attached hydrogen (secondary N) is 1. The van der Waals surface area contributed by atoms with Crippen molar-refractivity contribution in [2.24, 2.45) is 0 Å². The van der Waals surface area contributed by atoms with Crippen LogP contribution in [0, 0.1) is 0 Å². The number of aliphatic hydroxyl groups is 1. The molecule has 0 saturated heterocycles. The topological polar surface area (TPSA) is 80.0 Å². The molecular weight excluding hydrogens is 292 g/mol. The quantitative estimate of drug-likeness (QED) is 0.750. The molecule has 0 bridgehead atoms. The van der Waals surface area contributed by atoms with E-state index < -0.39 is 12.0 Å². The molecule has 1 aromatic carbocycles. The normalized spacial score (nSPS) is 11.9. The third kappa shape index (κ3) is 3.61. The molecule has 0 aliphatic heterocycles. The van der Waals surface area contributed by atoms with Gasteiger partial charge in [0.2, 0.25) is 0 Å². The minimum atomic E-state index is -1.17. The minimum absolute atomic E-state index is 0.312. The Morgan fingerprint density at radius 1 is 1.22 bits per heavy atom. The second-order valence-electron chi connectivity index (χ2n) is 5.02. The van der Waals surface area contributed by atoms with Crippen LogP contribution in [-0.4, -0.2) is 25.5 Å². The van der Waals surface area contributed by atoms with Gasteiger partial charge in [-0.1, -0.05) is 30.3 Å². The maximum atomic E-state index is 12.0. The summed E-state index contributed by atoms with van der Waals surface area (Å²) >= 11 is 0. The molecule has 23 heavy (non-hydrogen) atoms. The Kier molecular flexibility index (Phi) is 4.44. The second-order valence-corrected chi connectivity index (χ2v) is 5.02. The number of imidazole rings is 1. The standard InChI is InChI=1S/C17H16N4O2/c22-16(14-4-2-1-3-5-14)17(23)20-11-13-6-7-19-15(10-13)21-9-8-18-12-21/h1-10,12,16,22H,11H2,(H,20,23). The van der Waals surface area contributed by atoms with Gasteiger partial charge in [-0.2, -0.15) is 0 Å². The van der Waals surface area contributed by atoms with Crippen LogP contribution in [0.4, 0.5) is 0 Å². The highest BCUT2D eigenvalue weighted by atomic mass is 16.3. The van der Waals surface area contributed by atoms with Gasteiger partial charge in [0.25, 0.3) is 5.91 Å². The number of benzene rings is 1. The van der Waals surface area contributed by atoms with Gasteiger partial charge in [-0.05, 0) is 23.3 Å². The van der Waals surface area contributed by atoms with E-state index in [-0.39, 0.29) is 0 Å². The lowest BCUT2D eigenvalue weighted by atomic mass is 10.1. The largest absolute Gasteiger partial charge is 0.378 e. The van der Waals surface area contributed by atoms with Crippen LogP contribution in [0.15, 0.2) is 67.4 Å². The first kappa shape index (κ1) is 14.9. The molecule has 3 aromatic rings. The van der Waals surface area contributed by atoms with E-state index in [2.05, 4.69) is 15.3 Å². The molecule has 0 spiro atoms. The van der Waals surface area contributed by atoms with Gasteiger partial charge in [0.1, 0.15) is 12.1 Å². The Morgan fingerprint density at radius 3 is 2.78 bits per heavy atom. The van der Waals surface area contributed by atoms with Gasteiger partial charge in [0.05, 0.1) is 0 Å². The van der Waals surface area contributed by atoms with Crippen molar-refractivity contribution in [3.05, 3.63) is 78.5 Å². The van der Waals surface area contributed by atoms with Gasteiger partial charge >= 0.3 is 0 Å². The first-order valence-electron chi connectivity index (χ1n) is 7.18. The molecule has 0 aliphatic rings. The first-order chi connectivity index (χ1) is 11.2. The monoisotopic (exact) mass is 308 g/mol. The van der Waals surface area contributed by atoms with E-state index in [9.17, 15) is 9.90 Å². The summed E-state index contributed by atoms with van der Waals surface area (Å²) in [5.41, 5.74) is 1.45. The van der Waals surface area contributed by atoms with Crippen LogP contribution >= 0.6 is 0 Å². The molecule has 2 aromatic heterocycles. The fraction of sp³-hybridized carbons (Fsp3) is 0.118. The molecule has 2 heterocycles. The van der Waals surface area contributed by atoms with E-state index in [1.165, 1.54) is 0 Å². The van der Waals surface area contributed by atoms with Crippen molar-refractivity contribution in [3.63, 3.8) is 0 Å². The summed E-state index contributed by atoms with van der Waals surface area (Å²) < 4.78 is 1.78. The summed E-state index contributed by atoms with van der Waals surface area (Å²) in [6.07, 6.45) is 5.62. The molecule has 0 radical (unpaired) electrons. The van der Waals surface area contributed by atoms with E-state index in [0.29, 0.717) is 12.1 Å². The van der Waals surface area contributed by atoms with Crippen molar-refractivity contribution < 1.29 is 9.90 Å². The zero-order valence-corrected chi connectivity index (χ0v) is 12.3. The lowest BCUT2D eigenvalue weighted by Gasteiger charge is -2.12. The van der Waals surface area contributed by atoms with Crippen LogP contribution in [0.1, 0.15) is 17.2 Å². The lowest BCUT2D eigenvalue weighted by Crippen LogP contribution is -2.28. The third-order valence-corrected chi connectivity index (χ3v) is 3.41. The molecule has 3 rings (SSSR count). The van der Waals surface area contributed by atoms with Gasteiger partial charge in [-0.3, -0.25) is 9.36 Å². The van der Waals surface area contributed by atoms with E-state index >= 15 is 0 Å². The maximum Gasteiger partial charge on any atom is 0.253 e. The molecular formula is C17H16N4O2. The predicted octanol–water partition coefficient (Wildman–Crippen LogP) is 1.62. The van der Waals surface area contributed by atoms with Crippen molar-refractivity contribution in [2.75, 3.05) is 0 Å². The molecule has 0 saturated carbocycles. The smallest absolute Gasteiger partial charge is 0.253 e. The molecule has 0 fully saturated rings. The second kappa shape index (κ2) is 6.85. The number of rotatable bonds is 5. The highest BCUT2D eigenvalue weighted by Crippen LogP contribution is 2.12. The molecule has 2 N–H and O–H groups in total. The van der Waals surface area contributed by atoms with E-state index in [1.54, 1.807) is 53.8 Å². The van der Waals surface area contributed by atoms with Gasteiger partial charge in [0.15, 0.2) is 6.10 Å². The van der Waals surface area contributed by atoms with Crippen molar-refractivity contribution in [2.45, 2.75) is 12.6 Å². The molecule has 0 aliphatic carbocycles. The summed E-state index contributed by atoms with van der Waals surface area (Å²) in [7, 11) is 0. The number of nitrogens with zero attached hydrogens (tertiary/aromatic N) is 3. The van der Waals surface area contributed by atoms with E-state index in [1.807, 2.05) is 18.2 Å². The Hall–Kier alpha value is -2.99. The third-order valence-electron chi connectivity index (χ3n) is 3.41. The highest BCUT2D eigenvalue weighted by Gasteiger charge is 2.16. The average molecular weight is 308 g/mol. The number of amides is 1. The van der Waals surface area contributed by atoms with Crippen LogP contribution in [0.5, 0.6) is 0 Å². The maximum absolute atomic E-state index is 12.0. The van der Waals surface area contributed by atoms with Crippen molar-refractivity contribution in [1.82, 2.24) is 19.9 Å². The fourth-order valence-electron chi connectivity index (χ4n) is 2.18. The van der Waals surface area contributed by atoms with Crippen LogP contribution in [0.25, 0.3) is 5.82 Å². The summed E-state index contributed by atoms with van der Waals surface area (Å²) in [6, 6.07) is 12.5. The zero-order chi connectivity index (χ0) is 16.1. The average Bonchev–Trinajstić information content (AvgIpc) is 3.15. The molecule has 1 atom stereocenters. The SMILES string of the molecule is O=C(NCc1ccnc(-n2ccnc2)c1)C(O)c1ccccc1. The first-order valence-corrected chi connectivity index (χ1v) is 7.18. The van der Waals surface area contributed by atoms with Crippen LogP contribution in [0.3, 0.4) is 0 Å². The van der Waals surface area contributed by atoms with Crippen LogP contribution in [-0.2, 0) is 11.3 Å².